The smallest absolute Gasteiger partial charge is 0.408 e. The molecule has 0 radical (unpaired) electrons. The number of rotatable bonds is 6. The molecule has 0 amide bonds. The first-order valence-corrected chi connectivity index (χ1v) is 9.06. The van der Waals surface area contributed by atoms with Gasteiger partial charge in [0.25, 0.3) is 0 Å². The van der Waals surface area contributed by atoms with Gasteiger partial charge in [0.05, 0.1) is 22.9 Å². The summed E-state index contributed by atoms with van der Waals surface area (Å²) in [5, 5.41) is 13.2. The average Bonchev–Trinajstić information content (AvgIpc) is 2.94. The number of benzene rings is 1. The molecular formula is C20H19F3N6O. The summed E-state index contributed by atoms with van der Waals surface area (Å²) in [5.74, 6) is 0.793. The van der Waals surface area contributed by atoms with Crippen LogP contribution in [0.3, 0.4) is 0 Å². The monoisotopic (exact) mass is 416 g/mol. The molecule has 3 aromatic rings. The van der Waals surface area contributed by atoms with Crippen molar-refractivity contribution >= 4 is 0 Å². The van der Waals surface area contributed by atoms with Crippen LogP contribution in [0.15, 0.2) is 30.6 Å². The fraction of sp³-hybridized carbons (Fsp3) is 0.300. The molecule has 0 bridgehead atoms. The van der Waals surface area contributed by atoms with Crippen molar-refractivity contribution in [3.05, 3.63) is 53.1 Å². The molecule has 30 heavy (non-hydrogen) atoms. The van der Waals surface area contributed by atoms with E-state index < -0.39 is 12.7 Å². The third-order valence-corrected chi connectivity index (χ3v) is 4.35. The van der Waals surface area contributed by atoms with Crippen molar-refractivity contribution in [2.75, 3.05) is 6.54 Å². The van der Waals surface area contributed by atoms with E-state index in [4.69, 9.17) is 10.5 Å². The molecule has 2 heterocycles. The van der Waals surface area contributed by atoms with Crippen LogP contribution in [0, 0.1) is 25.2 Å². The van der Waals surface area contributed by atoms with Crippen LogP contribution in [0.25, 0.3) is 11.4 Å². The zero-order valence-corrected chi connectivity index (χ0v) is 16.4. The molecule has 0 spiro atoms. The summed E-state index contributed by atoms with van der Waals surface area (Å²) >= 11 is 0. The molecule has 0 saturated carbocycles. The maximum Gasteiger partial charge on any atom is 0.408 e. The summed E-state index contributed by atoms with van der Waals surface area (Å²) in [6.45, 7) is 2.29. The lowest BCUT2D eigenvalue weighted by Crippen LogP contribution is -2.19. The van der Waals surface area contributed by atoms with E-state index in [0.29, 0.717) is 35.6 Å². The molecule has 3 rings (SSSR count). The molecule has 2 aromatic heterocycles. The molecule has 0 atom stereocenters. The number of aromatic nitrogens is 4. The van der Waals surface area contributed by atoms with E-state index in [1.54, 1.807) is 31.5 Å². The lowest BCUT2D eigenvalue weighted by molar-refractivity contribution is -0.142. The summed E-state index contributed by atoms with van der Waals surface area (Å²) < 4.78 is 45.2. The van der Waals surface area contributed by atoms with Crippen LogP contribution in [-0.4, -0.2) is 32.5 Å². The summed E-state index contributed by atoms with van der Waals surface area (Å²) in [5.41, 5.74) is 7.75. The Morgan fingerprint density at radius 2 is 1.90 bits per heavy atom. The van der Waals surface area contributed by atoms with Crippen molar-refractivity contribution in [1.29, 1.82) is 5.26 Å². The molecule has 156 valence electrons. The molecule has 0 fully saturated rings. The van der Waals surface area contributed by atoms with Crippen LogP contribution in [0.2, 0.25) is 0 Å². The molecule has 0 aliphatic heterocycles. The van der Waals surface area contributed by atoms with Gasteiger partial charge in [-0.3, -0.25) is 4.68 Å². The Bertz CT molecular complexity index is 1080. The van der Waals surface area contributed by atoms with Crippen molar-refractivity contribution in [1.82, 2.24) is 19.7 Å². The maximum atomic E-state index is 12.8. The van der Waals surface area contributed by atoms with Crippen LogP contribution in [0.5, 0.6) is 11.5 Å². The van der Waals surface area contributed by atoms with E-state index in [9.17, 15) is 18.4 Å². The molecule has 7 nitrogen and oxygen atoms in total. The molecule has 10 heteroatoms. The van der Waals surface area contributed by atoms with Gasteiger partial charge in [0.15, 0.2) is 11.6 Å². The van der Waals surface area contributed by atoms with Crippen LogP contribution in [-0.2, 0) is 13.0 Å². The van der Waals surface area contributed by atoms with Gasteiger partial charge in [0.1, 0.15) is 18.0 Å². The number of ether oxygens (including phenoxy) is 1. The number of nitrogens with two attached hydrogens (primary N) is 1. The first-order chi connectivity index (χ1) is 14.2. The molecule has 1 aromatic carbocycles. The minimum atomic E-state index is -4.41. The maximum absolute atomic E-state index is 12.8. The highest BCUT2D eigenvalue weighted by Crippen LogP contribution is 2.36. The van der Waals surface area contributed by atoms with Crippen LogP contribution >= 0.6 is 0 Å². The number of hydrogen-bond acceptors (Lipinski definition) is 6. The fourth-order valence-electron chi connectivity index (χ4n) is 2.91. The third kappa shape index (κ3) is 4.75. The van der Waals surface area contributed by atoms with E-state index in [1.807, 2.05) is 6.07 Å². The largest absolute Gasteiger partial charge is 0.453 e. The van der Waals surface area contributed by atoms with Crippen LogP contribution in [0.4, 0.5) is 13.2 Å². The Kier molecular flexibility index (Phi) is 6.03. The van der Waals surface area contributed by atoms with E-state index in [0.717, 1.165) is 10.2 Å². The third-order valence-electron chi connectivity index (χ3n) is 4.35. The first-order valence-electron chi connectivity index (χ1n) is 9.06. The SMILES string of the molecule is Cc1nn(CC(F)(F)F)c(C)c1Oc1cc(C#N)ccc1-c1ncc(CCN)cn1. The number of halogens is 3. The number of aryl methyl sites for hydroxylation is 1. The summed E-state index contributed by atoms with van der Waals surface area (Å²) in [7, 11) is 0. The van der Waals surface area contributed by atoms with Gasteiger partial charge in [0, 0.05) is 12.4 Å². The first kappa shape index (κ1) is 21.3. The van der Waals surface area contributed by atoms with E-state index >= 15 is 0 Å². The number of nitrogens with zero attached hydrogens (tertiary/aromatic N) is 5. The molecule has 0 unspecified atom stereocenters. The van der Waals surface area contributed by atoms with Gasteiger partial charge in [-0.15, -0.1) is 0 Å². The van der Waals surface area contributed by atoms with Crippen molar-refractivity contribution < 1.29 is 17.9 Å². The zero-order chi connectivity index (χ0) is 21.9. The quantitative estimate of drug-likeness (QED) is 0.658. The summed E-state index contributed by atoms with van der Waals surface area (Å²) in [4.78, 5) is 8.65. The second kappa shape index (κ2) is 8.51. The number of nitriles is 1. The normalized spacial score (nSPS) is 11.4. The van der Waals surface area contributed by atoms with Crippen molar-refractivity contribution in [3.8, 4) is 29.0 Å². The van der Waals surface area contributed by atoms with Gasteiger partial charge in [0.2, 0.25) is 0 Å². The lowest BCUT2D eigenvalue weighted by Gasteiger charge is -2.12. The van der Waals surface area contributed by atoms with Gasteiger partial charge in [-0.1, -0.05) is 0 Å². The molecular weight excluding hydrogens is 397 g/mol. The summed E-state index contributed by atoms with van der Waals surface area (Å²) in [6, 6.07) is 6.74. The van der Waals surface area contributed by atoms with Crippen molar-refractivity contribution in [3.63, 3.8) is 0 Å². The van der Waals surface area contributed by atoms with E-state index in [-0.39, 0.29) is 17.2 Å². The predicted molar refractivity (Wildman–Crippen MR) is 103 cm³/mol. The second-order valence-corrected chi connectivity index (χ2v) is 6.65. The van der Waals surface area contributed by atoms with Gasteiger partial charge in [-0.05, 0) is 50.6 Å². The van der Waals surface area contributed by atoms with E-state index in [2.05, 4.69) is 15.1 Å². The Morgan fingerprint density at radius 1 is 1.20 bits per heavy atom. The molecule has 0 aliphatic rings. The highest BCUT2D eigenvalue weighted by atomic mass is 19.4. The average molecular weight is 416 g/mol. The predicted octanol–water partition coefficient (Wildman–Crippen LogP) is 3.68. The second-order valence-electron chi connectivity index (χ2n) is 6.65. The fourth-order valence-corrected chi connectivity index (χ4v) is 2.91. The Morgan fingerprint density at radius 3 is 2.50 bits per heavy atom. The molecule has 0 aliphatic carbocycles. The van der Waals surface area contributed by atoms with E-state index in [1.165, 1.54) is 13.0 Å². The van der Waals surface area contributed by atoms with Gasteiger partial charge < -0.3 is 10.5 Å². The Hall–Kier alpha value is -3.45. The van der Waals surface area contributed by atoms with Crippen LogP contribution < -0.4 is 10.5 Å². The minimum Gasteiger partial charge on any atom is -0.453 e. The molecule has 2 N–H and O–H groups in total. The summed E-state index contributed by atoms with van der Waals surface area (Å²) in [6.07, 6.45) is -0.483. The zero-order valence-electron chi connectivity index (χ0n) is 16.4. The number of hydrogen-bond donors (Lipinski definition) is 1. The lowest BCUT2D eigenvalue weighted by atomic mass is 10.1. The van der Waals surface area contributed by atoms with Gasteiger partial charge in [-0.25, -0.2) is 9.97 Å². The van der Waals surface area contributed by atoms with Crippen LogP contribution in [0.1, 0.15) is 22.5 Å². The standard InChI is InChI=1S/C20H19F3N6O/c1-12-18(13(2)29(28-12)11-20(21,22)23)30-17-7-14(8-25)3-4-16(17)19-26-9-15(5-6-24)10-27-19/h3-4,7,9-10H,5-6,11,24H2,1-2H3. The minimum absolute atomic E-state index is 0.190. The Balaban J connectivity index is 2.01. The van der Waals surface area contributed by atoms with Crippen molar-refractivity contribution in [2.24, 2.45) is 5.73 Å². The molecule has 0 saturated heterocycles. The van der Waals surface area contributed by atoms with Gasteiger partial charge >= 0.3 is 6.18 Å². The topological polar surface area (TPSA) is 103 Å². The van der Waals surface area contributed by atoms with Crippen molar-refractivity contribution in [2.45, 2.75) is 33.0 Å². The highest BCUT2D eigenvalue weighted by molar-refractivity contribution is 5.66. The highest BCUT2D eigenvalue weighted by Gasteiger charge is 2.30. The number of alkyl halides is 3. The Labute approximate surface area is 170 Å². The van der Waals surface area contributed by atoms with Gasteiger partial charge in [-0.2, -0.15) is 23.5 Å².